The molecule has 30 heavy (non-hydrogen) atoms. The van der Waals surface area contributed by atoms with Gasteiger partial charge in [-0.2, -0.15) is 4.31 Å². The highest BCUT2D eigenvalue weighted by atomic mass is 32.2. The van der Waals surface area contributed by atoms with Crippen molar-refractivity contribution in [1.29, 1.82) is 0 Å². The number of ether oxygens (including phenoxy) is 1. The van der Waals surface area contributed by atoms with Gasteiger partial charge in [-0.1, -0.05) is 25.1 Å². The summed E-state index contributed by atoms with van der Waals surface area (Å²) in [6.07, 6.45) is 0.561. The average Bonchev–Trinajstić information content (AvgIpc) is 3.00. The number of benzene rings is 1. The number of carbonyl (C=O) groups excluding carboxylic acids is 2. The third-order valence-corrected chi connectivity index (χ3v) is 7.30. The molecular weight excluding hydrogens is 404 g/mol. The van der Waals surface area contributed by atoms with Crippen molar-refractivity contribution in [1.82, 2.24) is 8.87 Å². The van der Waals surface area contributed by atoms with E-state index >= 15 is 0 Å². The van der Waals surface area contributed by atoms with Gasteiger partial charge in [0.1, 0.15) is 5.69 Å². The standard InChI is InChI=1S/C22H30N2O5S/c1-7-14-24(30(27,28)18-12-10-9-11-13-18)17(5)21(25)19-15(3)20(22(26)29-6)23(8-2)16(19)4/h9-13,17H,7-8,14H2,1-6H3. The van der Waals surface area contributed by atoms with Crippen LogP contribution in [0.2, 0.25) is 0 Å². The molecule has 1 aromatic heterocycles. The quantitative estimate of drug-likeness (QED) is 0.445. The molecule has 1 heterocycles. The normalized spacial score (nSPS) is 12.8. The summed E-state index contributed by atoms with van der Waals surface area (Å²) in [6.45, 7) is 9.49. The van der Waals surface area contributed by atoms with E-state index in [1.165, 1.54) is 23.5 Å². The second-order valence-electron chi connectivity index (χ2n) is 7.14. The molecular formula is C22H30N2O5S. The van der Waals surface area contributed by atoms with Gasteiger partial charge in [-0.25, -0.2) is 13.2 Å². The number of hydrogen-bond donors (Lipinski definition) is 0. The summed E-state index contributed by atoms with van der Waals surface area (Å²) >= 11 is 0. The lowest BCUT2D eigenvalue weighted by atomic mass is 10.0. The van der Waals surface area contributed by atoms with Crippen molar-refractivity contribution in [2.24, 2.45) is 0 Å². The summed E-state index contributed by atoms with van der Waals surface area (Å²) in [5, 5.41) is 0. The van der Waals surface area contributed by atoms with E-state index in [-0.39, 0.29) is 17.2 Å². The summed E-state index contributed by atoms with van der Waals surface area (Å²) in [6, 6.07) is 7.17. The van der Waals surface area contributed by atoms with Gasteiger partial charge in [-0.05, 0) is 51.8 Å². The Kier molecular flexibility index (Phi) is 7.60. The van der Waals surface area contributed by atoms with E-state index in [9.17, 15) is 18.0 Å². The van der Waals surface area contributed by atoms with Crippen LogP contribution < -0.4 is 0 Å². The van der Waals surface area contributed by atoms with Crippen molar-refractivity contribution < 1.29 is 22.7 Å². The third kappa shape index (κ3) is 4.20. The average molecular weight is 435 g/mol. The summed E-state index contributed by atoms with van der Waals surface area (Å²) in [5.41, 5.74) is 1.82. The topological polar surface area (TPSA) is 85.7 Å². The van der Waals surface area contributed by atoms with Crippen LogP contribution in [-0.4, -0.2) is 48.7 Å². The molecule has 8 heteroatoms. The lowest BCUT2D eigenvalue weighted by molar-refractivity contribution is 0.0587. The lowest BCUT2D eigenvalue weighted by Crippen LogP contribution is -2.44. The lowest BCUT2D eigenvalue weighted by Gasteiger charge is -2.27. The molecule has 0 amide bonds. The van der Waals surface area contributed by atoms with Gasteiger partial charge in [0.15, 0.2) is 5.78 Å². The van der Waals surface area contributed by atoms with Gasteiger partial charge in [0.05, 0.1) is 18.0 Å². The first kappa shape index (κ1) is 23.8. The number of hydrogen-bond acceptors (Lipinski definition) is 5. The van der Waals surface area contributed by atoms with Crippen molar-refractivity contribution in [2.75, 3.05) is 13.7 Å². The van der Waals surface area contributed by atoms with E-state index in [1.54, 1.807) is 43.5 Å². The fraction of sp³-hybridized carbons (Fsp3) is 0.455. The van der Waals surface area contributed by atoms with E-state index in [2.05, 4.69) is 0 Å². The second kappa shape index (κ2) is 9.57. The number of Topliss-reactive ketones (excluding diaryl/α,β-unsaturated/α-hetero) is 1. The number of ketones is 1. The minimum Gasteiger partial charge on any atom is -0.464 e. The van der Waals surface area contributed by atoms with Gasteiger partial charge >= 0.3 is 5.97 Å². The number of methoxy groups -OCH3 is 1. The number of sulfonamides is 1. The van der Waals surface area contributed by atoms with Crippen molar-refractivity contribution in [3.05, 3.63) is 52.8 Å². The largest absolute Gasteiger partial charge is 0.464 e. The SMILES string of the molecule is CCCN(C(C)C(=O)c1c(C)c(C(=O)OC)n(CC)c1C)S(=O)(=O)c1ccccc1. The summed E-state index contributed by atoms with van der Waals surface area (Å²) in [5.74, 6) is -0.859. The molecule has 7 nitrogen and oxygen atoms in total. The fourth-order valence-corrected chi connectivity index (χ4v) is 5.53. The van der Waals surface area contributed by atoms with Gasteiger partial charge in [0, 0.05) is 24.3 Å². The Labute approximate surface area is 178 Å². The number of rotatable bonds is 9. The Balaban J connectivity index is 2.56. The predicted molar refractivity (Wildman–Crippen MR) is 115 cm³/mol. The Hall–Kier alpha value is -2.45. The van der Waals surface area contributed by atoms with Crippen molar-refractivity contribution in [2.45, 2.75) is 58.5 Å². The van der Waals surface area contributed by atoms with Crippen LogP contribution in [0.4, 0.5) is 0 Å². The van der Waals surface area contributed by atoms with E-state index < -0.39 is 22.0 Å². The smallest absolute Gasteiger partial charge is 0.354 e. The monoisotopic (exact) mass is 434 g/mol. The summed E-state index contributed by atoms with van der Waals surface area (Å²) in [4.78, 5) is 25.9. The maximum atomic E-state index is 13.5. The number of nitrogens with zero attached hydrogens (tertiary/aromatic N) is 2. The van der Waals surface area contributed by atoms with E-state index in [0.29, 0.717) is 35.5 Å². The first-order valence-electron chi connectivity index (χ1n) is 10.0. The van der Waals surface area contributed by atoms with Crippen LogP contribution in [-0.2, 0) is 21.3 Å². The van der Waals surface area contributed by atoms with Gasteiger partial charge < -0.3 is 9.30 Å². The minimum absolute atomic E-state index is 0.146. The van der Waals surface area contributed by atoms with E-state index in [4.69, 9.17) is 4.74 Å². The second-order valence-corrected chi connectivity index (χ2v) is 9.03. The molecule has 0 aliphatic carbocycles. The Morgan fingerprint density at radius 3 is 2.23 bits per heavy atom. The van der Waals surface area contributed by atoms with Gasteiger partial charge in [-0.15, -0.1) is 0 Å². The highest BCUT2D eigenvalue weighted by molar-refractivity contribution is 7.89. The zero-order valence-corrected chi connectivity index (χ0v) is 19.2. The molecule has 0 saturated heterocycles. The highest BCUT2D eigenvalue weighted by Gasteiger charge is 2.36. The van der Waals surface area contributed by atoms with Crippen LogP contribution in [0.15, 0.2) is 35.2 Å². The molecule has 164 valence electrons. The van der Waals surface area contributed by atoms with Crippen molar-refractivity contribution in [3.63, 3.8) is 0 Å². The molecule has 0 N–H and O–H groups in total. The van der Waals surface area contributed by atoms with Gasteiger partial charge in [0.25, 0.3) is 0 Å². The fourth-order valence-electron chi connectivity index (χ4n) is 3.82. The molecule has 0 fully saturated rings. The molecule has 0 bridgehead atoms. The first-order valence-corrected chi connectivity index (χ1v) is 11.5. The summed E-state index contributed by atoms with van der Waals surface area (Å²) < 4.78 is 34.4. The van der Waals surface area contributed by atoms with E-state index in [0.717, 1.165) is 0 Å². The molecule has 0 aliphatic rings. The number of esters is 1. The number of carbonyl (C=O) groups is 2. The van der Waals surface area contributed by atoms with Crippen LogP contribution in [0, 0.1) is 13.8 Å². The highest BCUT2D eigenvalue weighted by Crippen LogP contribution is 2.27. The molecule has 0 saturated carbocycles. The zero-order valence-electron chi connectivity index (χ0n) is 18.4. The summed E-state index contributed by atoms with van der Waals surface area (Å²) in [7, 11) is -2.56. The van der Waals surface area contributed by atoms with Crippen LogP contribution in [0.3, 0.4) is 0 Å². The Morgan fingerprint density at radius 2 is 1.73 bits per heavy atom. The maximum absolute atomic E-state index is 13.5. The third-order valence-electron chi connectivity index (χ3n) is 5.31. The maximum Gasteiger partial charge on any atom is 0.354 e. The van der Waals surface area contributed by atoms with Crippen LogP contribution in [0.5, 0.6) is 0 Å². The van der Waals surface area contributed by atoms with Crippen LogP contribution >= 0.6 is 0 Å². The predicted octanol–water partition coefficient (Wildman–Crippen LogP) is 3.58. The molecule has 2 aromatic rings. The van der Waals surface area contributed by atoms with Crippen LogP contribution in [0.1, 0.15) is 59.3 Å². The van der Waals surface area contributed by atoms with Gasteiger partial charge in [-0.3, -0.25) is 4.79 Å². The zero-order chi connectivity index (χ0) is 22.6. The molecule has 1 unspecified atom stereocenters. The molecule has 2 rings (SSSR count). The molecule has 1 aromatic carbocycles. The van der Waals surface area contributed by atoms with E-state index in [1.807, 2.05) is 13.8 Å². The Bertz CT molecular complexity index is 1030. The molecule has 0 aliphatic heterocycles. The molecule has 0 spiro atoms. The molecule has 0 radical (unpaired) electrons. The van der Waals surface area contributed by atoms with Gasteiger partial charge in [0.2, 0.25) is 10.0 Å². The van der Waals surface area contributed by atoms with Crippen LogP contribution in [0.25, 0.3) is 0 Å². The minimum atomic E-state index is -3.86. The van der Waals surface area contributed by atoms with Crippen molar-refractivity contribution in [3.8, 4) is 0 Å². The van der Waals surface area contributed by atoms with Crippen molar-refractivity contribution >= 4 is 21.8 Å². The number of aromatic nitrogens is 1. The molecule has 1 atom stereocenters. The Morgan fingerprint density at radius 1 is 1.13 bits per heavy atom. The first-order chi connectivity index (χ1) is 14.1.